The van der Waals surface area contributed by atoms with Gasteiger partial charge in [-0.25, -0.2) is 0 Å². The van der Waals surface area contributed by atoms with Crippen molar-refractivity contribution in [1.29, 1.82) is 0 Å². The molecular formula is C29H25Cl2N3O2S. The summed E-state index contributed by atoms with van der Waals surface area (Å²) in [6.07, 6.45) is 6.81. The van der Waals surface area contributed by atoms with E-state index in [1.807, 2.05) is 60.7 Å². The number of halogens is 2. The number of nitrogens with one attached hydrogen (secondary N) is 1. The summed E-state index contributed by atoms with van der Waals surface area (Å²) in [5.41, 5.74) is 2.60. The van der Waals surface area contributed by atoms with E-state index in [-0.39, 0.29) is 12.1 Å². The minimum absolute atomic E-state index is 0.206. The predicted octanol–water partition coefficient (Wildman–Crippen LogP) is 8.15. The van der Waals surface area contributed by atoms with Crippen LogP contribution in [0.5, 0.6) is 5.75 Å². The molecule has 0 unspecified atom stereocenters. The van der Waals surface area contributed by atoms with E-state index in [9.17, 15) is 0 Å². The molecular weight excluding hydrogens is 525 g/mol. The number of pyridine rings is 1. The van der Waals surface area contributed by atoms with Crippen molar-refractivity contribution < 1.29 is 9.15 Å². The molecule has 0 amide bonds. The minimum atomic E-state index is -0.260. The molecule has 1 saturated heterocycles. The molecule has 2 aromatic carbocycles. The fourth-order valence-corrected chi connectivity index (χ4v) is 6.00. The number of furan rings is 1. The van der Waals surface area contributed by atoms with Crippen LogP contribution in [0.25, 0.3) is 11.3 Å². The highest BCUT2D eigenvalue weighted by atomic mass is 35.5. The van der Waals surface area contributed by atoms with E-state index in [2.05, 4.69) is 15.2 Å². The van der Waals surface area contributed by atoms with E-state index < -0.39 is 0 Å². The normalized spacial score (nSPS) is 19.8. The maximum atomic E-state index is 6.47. The average molecular weight is 551 g/mol. The van der Waals surface area contributed by atoms with Crippen LogP contribution in [0.15, 0.2) is 83.4 Å². The summed E-state index contributed by atoms with van der Waals surface area (Å²) in [6, 6.07) is 22.8. The van der Waals surface area contributed by atoms with Gasteiger partial charge in [0.1, 0.15) is 23.3 Å². The first-order chi connectivity index (χ1) is 18.1. The fourth-order valence-electron chi connectivity index (χ4n) is 5.15. The zero-order chi connectivity index (χ0) is 25.4. The SMILES string of the molecule is S=C1N[C@@H](c2ccccn2)[C@H](c2ccc(-c3ccc(Cl)cc3Cl)o2)N1c1ccc(OC2CCCC2)cc1. The Morgan fingerprint density at radius 2 is 1.78 bits per heavy atom. The molecule has 3 heterocycles. The van der Waals surface area contributed by atoms with Gasteiger partial charge >= 0.3 is 0 Å². The summed E-state index contributed by atoms with van der Waals surface area (Å²) in [7, 11) is 0. The van der Waals surface area contributed by atoms with E-state index in [4.69, 9.17) is 44.6 Å². The lowest BCUT2D eigenvalue weighted by Crippen LogP contribution is -2.29. The Labute approximate surface area is 231 Å². The molecule has 1 aliphatic carbocycles. The third kappa shape index (κ3) is 4.93. The van der Waals surface area contributed by atoms with Gasteiger partial charge in [0, 0.05) is 22.5 Å². The molecule has 0 spiro atoms. The summed E-state index contributed by atoms with van der Waals surface area (Å²) < 4.78 is 12.6. The molecule has 8 heteroatoms. The number of ether oxygens (including phenoxy) is 1. The topological polar surface area (TPSA) is 50.5 Å². The quantitative estimate of drug-likeness (QED) is 0.245. The van der Waals surface area contributed by atoms with E-state index in [1.165, 1.54) is 12.8 Å². The summed E-state index contributed by atoms with van der Waals surface area (Å²) in [6.45, 7) is 0. The van der Waals surface area contributed by atoms with Crippen LogP contribution in [0.4, 0.5) is 5.69 Å². The van der Waals surface area contributed by atoms with Gasteiger partial charge in [0.25, 0.3) is 0 Å². The van der Waals surface area contributed by atoms with Crippen molar-refractivity contribution >= 4 is 46.2 Å². The highest BCUT2D eigenvalue weighted by Gasteiger charge is 2.42. The van der Waals surface area contributed by atoms with Crippen LogP contribution in [-0.2, 0) is 0 Å². The summed E-state index contributed by atoms with van der Waals surface area (Å²) in [5, 5.41) is 5.18. The summed E-state index contributed by atoms with van der Waals surface area (Å²) in [5.74, 6) is 2.29. The predicted molar refractivity (Wildman–Crippen MR) is 151 cm³/mol. The third-order valence-electron chi connectivity index (χ3n) is 6.93. The van der Waals surface area contributed by atoms with Gasteiger partial charge in [-0.3, -0.25) is 4.98 Å². The minimum Gasteiger partial charge on any atom is -0.490 e. The van der Waals surface area contributed by atoms with Crippen LogP contribution in [0.2, 0.25) is 10.0 Å². The number of benzene rings is 2. The molecule has 1 saturated carbocycles. The highest BCUT2D eigenvalue weighted by molar-refractivity contribution is 7.80. The van der Waals surface area contributed by atoms with E-state index in [0.29, 0.717) is 27.0 Å². The number of nitrogens with zero attached hydrogens (tertiary/aromatic N) is 2. The molecule has 2 aromatic heterocycles. The molecule has 2 aliphatic rings. The van der Waals surface area contributed by atoms with Crippen molar-refractivity contribution in [3.63, 3.8) is 0 Å². The number of anilines is 1. The molecule has 4 aromatic rings. The van der Waals surface area contributed by atoms with Gasteiger partial charge in [-0.05, 0) is 105 Å². The molecule has 188 valence electrons. The van der Waals surface area contributed by atoms with Crippen LogP contribution >= 0.6 is 35.4 Å². The zero-order valence-electron chi connectivity index (χ0n) is 19.9. The number of aromatic nitrogens is 1. The number of hydrogen-bond donors (Lipinski definition) is 1. The smallest absolute Gasteiger partial charge is 0.174 e. The van der Waals surface area contributed by atoms with E-state index in [1.54, 1.807) is 18.3 Å². The van der Waals surface area contributed by atoms with Gasteiger partial charge in [0.05, 0.1) is 22.9 Å². The summed E-state index contributed by atoms with van der Waals surface area (Å²) >= 11 is 18.4. The monoisotopic (exact) mass is 549 g/mol. The van der Waals surface area contributed by atoms with E-state index in [0.717, 1.165) is 41.3 Å². The zero-order valence-corrected chi connectivity index (χ0v) is 22.3. The Kier molecular flexibility index (Phi) is 6.80. The molecule has 1 aliphatic heterocycles. The van der Waals surface area contributed by atoms with Gasteiger partial charge in [-0.2, -0.15) is 0 Å². The molecule has 6 rings (SSSR count). The maximum Gasteiger partial charge on any atom is 0.174 e. The first-order valence-electron chi connectivity index (χ1n) is 12.4. The number of hydrogen-bond acceptors (Lipinski definition) is 4. The second-order valence-corrected chi connectivity index (χ2v) is 10.6. The van der Waals surface area contributed by atoms with Crippen molar-refractivity contribution in [2.75, 3.05) is 4.90 Å². The largest absolute Gasteiger partial charge is 0.490 e. The first kappa shape index (κ1) is 24.3. The van der Waals surface area contributed by atoms with Crippen molar-refractivity contribution in [2.45, 2.75) is 43.9 Å². The molecule has 0 radical (unpaired) electrons. The maximum absolute atomic E-state index is 6.47. The van der Waals surface area contributed by atoms with Crippen LogP contribution in [0.1, 0.15) is 49.2 Å². The Balaban J connectivity index is 1.36. The van der Waals surface area contributed by atoms with Gasteiger partial charge < -0.3 is 19.4 Å². The molecule has 0 bridgehead atoms. The fraction of sp³-hybridized carbons (Fsp3) is 0.241. The summed E-state index contributed by atoms with van der Waals surface area (Å²) in [4.78, 5) is 6.70. The van der Waals surface area contributed by atoms with Crippen LogP contribution < -0.4 is 15.0 Å². The van der Waals surface area contributed by atoms with Crippen molar-refractivity contribution in [3.05, 3.63) is 100 Å². The second-order valence-electron chi connectivity index (χ2n) is 9.34. The Hall–Kier alpha value is -3.06. The number of thiocarbonyl (C=S) groups is 1. The third-order valence-corrected chi connectivity index (χ3v) is 7.80. The lowest BCUT2D eigenvalue weighted by atomic mass is 10.0. The first-order valence-corrected chi connectivity index (χ1v) is 13.6. The highest BCUT2D eigenvalue weighted by Crippen LogP contribution is 2.44. The number of rotatable bonds is 6. The molecule has 2 fully saturated rings. The molecule has 37 heavy (non-hydrogen) atoms. The Morgan fingerprint density at radius 1 is 0.973 bits per heavy atom. The lowest BCUT2D eigenvalue weighted by Gasteiger charge is -2.26. The van der Waals surface area contributed by atoms with Crippen molar-refractivity contribution in [3.8, 4) is 17.1 Å². The standard InChI is InChI=1S/C29H25Cl2N3O2S/c30-18-8-13-22(23(31)17-18)25-14-15-26(36-25)28-27(24-7-3-4-16-32-24)33-29(37)34(28)19-9-11-21(12-10-19)35-20-5-1-2-6-20/h3-4,7-17,20,27-28H,1-2,5-6H2,(H,33,37)/t27-,28-/m0/s1. The molecule has 5 nitrogen and oxygen atoms in total. The van der Waals surface area contributed by atoms with Crippen molar-refractivity contribution in [2.24, 2.45) is 0 Å². The van der Waals surface area contributed by atoms with Gasteiger partial charge in [0.15, 0.2) is 5.11 Å². The lowest BCUT2D eigenvalue weighted by molar-refractivity contribution is 0.210. The second kappa shape index (κ2) is 10.4. The average Bonchev–Trinajstić information content (AvgIpc) is 3.66. The molecule has 2 atom stereocenters. The van der Waals surface area contributed by atoms with Crippen molar-refractivity contribution in [1.82, 2.24) is 10.3 Å². The van der Waals surface area contributed by atoms with Gasteiger partial charge in [-0.15, -0.1) is 0 Å². The van der Waals surface area contributed by atoms with Crippen LogP contribution in [-0.4, -0.2) is 16.2 Å². The van der Waals surface area contributed by atoms with Gasteiger partial charge in [-0.1, -0.05) is 29.3 Å². The van der Waals surface area contributed by atoms with Crippen LogP contribution in [0, 0.1) is 0 Å². The molecule has 1 N–H and O–H groups in total. The van der Waals surface area contributed by atoms with Gasteiger partial charge in [0.2, 0.25) is 0 Å². The Bertz CT molecular complexity index is 1400. The van der Waals surface area contributed by atoms with E-state index >= 15 is 0 Å². The van der Waals surface area contributed by atoms with Crippen LogP contribution in [0.3, 0.4) is 0 Å². The Morgan fingerprint density at radius 3 is 2.51 bits per heavy atom.